The zero-order chi connectivity index (χ0) is 22.1. The maximum Gasteiger partial charge on any atom is 0.219 e. The highest BCUT2D eigenvalue weighted by molar-refractivity contribution is 5.76. The molecular weight excluding hydrogens is 372 g/mol. The van der Waals surface area contributed by atoms with Crippen LogP contribution in [-0.2, 0) is 4.79 Å². The predicted octanol–water partition coefficient (Wildman–Crippen LogP) is 6.20. The summed E-state index contributed by atoms with van der Waals surface area (Å²) < 4.78 is 0. The van der Waals surface area contributed by atoms with Crippen LogP contribution >= 0.6 is 0 Å². The maximum absolute atomic E-state index is 11.8. The molecule has 0 aromatic carbocycles. The van der Waals surface area contributed by atoms with Crippen molar-refractivity contribution in [2.75, 3.05) is 13.1 Å². The summed E-state index contributed by atoms with van der Waals surface area (Å²) in [6, 6.07) is 0. The Bertz CT molecular complexity index is 395. The second-order valence-electron chi connectivity index (χ2n) is 8.77. The smallest absolute Gasteiger partial charge is 0.219 e. The Balaban J connectivity index is 3.15. The number of nitrogens with two attached hydrogens (primary N) is 2. The van der Waals surface area contributed by atoms with Crippen LogP contribution in [0.25, 0.3) is 0 Å². The van der Waals surface area contributed by atoms with Gasteiger partial charge in [0, 0.05) is 19.5 Å². The van der Waals surface area contributed by atoms with Crippen LogP contribution in [0, 0.1) is 0 Å². The quantitative estimate of drug-likeness (QED) is 0.104. The largest absolute Gasteiger partial charge is 0.370 e. The molecule has 0 radical (unpaired) electrons. The monoisotopic (exact) mass is 424 g/mol. The third-order valence-electron chi connectivity index (χ3n) is 5.71. The lowest BCUT2D eigenvalue weighted by molar-refractivity contribution is -0.121. The molecule has 0 saturated heterocycles. The summed E-state index contributed by atoms with van der Waals surface area (Å²) in [7, 11) is 0. The number of unbranched alkanes of at least 4 members (excludes halogenated alkanes) is 17. The molecule has 0 bridgehead atoms. The summed E-state index contributed by atoms with van der Waals surface area (Å²) in [5.41, 5.74) is 10.5. The van der Waals surface area contributed by atoms with Gasteiger partial charge in [0.25, 0.3) is 0 Å². The van der Waals surface area contributed by atoms with Crippen molar-refractivity contribution in [2.24, 2.45) is 16.5 Å². The third-order valence-corrected chi connectivity index (χ3v) is 5.71. The van der Waals surface area contributed by atoms with Gasteiger partial charge >= 0.3 is 0 Å². The number of amides is 1. The van der Waals surface area contributed by atoms with Crippen LogP contribution in [0.3, 0.4) is 0 Å². The number of rotatable bonds is 23. The Morgan fingerprint density at radius 3 is 1.50 bits per heavy atom. The van der Waals surface area contributed by atoms with Crippen LogP contribution < -0.4 is 16.8 Å². The van der Waals surface area contributed by atoms with Crippen molar-refractivity contribution in [1.82, 2.24) is 5.32 Å². The van der Waals surface area contributed by atoms with E-state index >= 15 is 0 Å². The fourth-order valence-corrected chi connectivity index (χ4v) is 3.77. The lowest BCUT2D eigenvalue weighted by Gasteiger charge is -2.05. The lowest BCUT2D eigenvalue weighted by atomic mass is 10.0. The molecular formula is C25H52N4O. The van der Waals surface area contributed by atoms with Gasteiger partial charge in [-0.05, 0) is 19.3 Å². The molecule has 5 nitrogen and oxygen atoms in total. The number of carbonyl (C=O) groups is 1. The van der Waals surface area contributed by atoms with Crippen LogP contribution in [0.15, 0.2) is 4.99 Å². The topological polar surface area (TPSA) is 93.5 Å². The fourth-order valence-electron chi connectivity index (χ4n) is 3.77. The molecule has 0 rings (SSSR count). The molecule has 0 saturated carbocycles. The van der Waals surface area contributed by atoms with Crippen LogP contribution in [-0.4, -0.2) is 25.0 Å². The average molecular weight is 425 g/mol. The highest BCUT2D eigenvalue weighted by Crippen LogP contribution is 2.14. The molecule has 1 amide bonds. The zero-order valence-electron chi connectivity index (χ0n) is 20.1. The molecule has 30 heavy (non-hydrogen) atoms. The predicted molar refractivity (Wildman–Crippen MR) is 132 cm³/mol. The molecule has 0 unspecified atom stereocenters. The summed E-state index contributed by atoms with van der Waals surface area (Å²) in [5.74, 6) is 0.315. The Morgan fingerprint density at radius 2 is 1.07 bits per heavy atom. The number of nitrogens with zero attached hydrogens (tertiary/aromatic N) is 1. The second-order valence-corrected chi connectivity index (χ2v) is 8.77. The first-order valence-corrected chi connectivity index (χ1v) is 13.0. The molecule has 0 aliphatic carbocycles. The molecule has 178 valence electrons. The van der Waals surface area contributed by atoms with Crippen LogP contribution in [0.4, 0.5) is 0 Å². The minimum atomic E-state index is 0.137. The molecule has 5 N–H and O–H groups in total. The van der Waals surface area contributed by atoms with E-state index in [0.717, 1.165) is 25.8 Å². The van der Waals surface area contributed by atoms with Crippen molar-refractivity contribution in [2.45, 2.75) is 135 Å². The maximum atomic E-state index is 11.8. The van der Waals surface area contributed by atoms with E-state index in [1.165, 1.54) is 103 Å². The van der Waals surface area contributed by atoms with Gasteiger partial charge in [0.2, 0.25) is 5.91 Å². The van der Waals surface area contributed by atoms with Crippen molar-refractivity contribution < 1.29 is 4.79 Å². The van der Waals surface area contributed by atoms with E-state index in [-0.39, 0.29) is 11.9 Å². The van der Waals surface area contributed by atoms with Crippen LogP contribution in [0.1, 0.15) is 135 Å². The zero-order valence-corrected chi connectivity index (χ0v) is 20.1. The highest BCUT2D eigenvalue weighted by Gasteiger charge is 2.00. The van der Waals surface area contributed by atoms with Crippen molar-refractivity contribution in [3.8, 4) is 0 Å². The Hall–Kier alpha value is -1.26. The molecule has 0 heterocycles. The molecule has 0 aromatic heterocycles. The summed E-state index contributed by atoms with van der Waals surface area (Å²) >= 11 is 0. The minimum Gasteiger partial charge on any atom is -0.370 e. The van der Waals surface area contributed by atoms with Gasteiger partial charge < -0.3 is 16.8 Å². The normalized spacial score (nSPS) is 10.8. The number of aliphatic imine (C=N–C) groups is 1. The van der Waals surface area contributed by atoms with Crippen molar-refractivity contribution in [3.05, 3.63) is 0 Å². The summed E-state index contributed by atoms with van der Waals surface area (Å²) in [4.78, 5) is 15.7. The van der Waals surface area contributed by atoms with Gasteiger partial charge in [-0.15, -0.1) is 0 Å². The van der Waals surface area contributed by atoms with Crippen molar-refractivity contribution in [3.63, 3.8) is 0 Å². The number of hydrogen-bond acceptors (Lipinski definition) is 2. The number of carbonyl (C=O) groups excluding carboxylic acids is 1. The molecule has 0 aromatic rings. The Kier molecular flexibility index (Phi) is 23.0. The van der Waals surface area contributed by atoms with Gasteiger partial charge in [-0.3, -0.25) is 9.79 Å². The van der Waals surface area contributed by atoms with Crippen LogP contribution in [0.2, 0.25) is 0 Å². The van der Waals surface area contributed by atoms with Crippen LogP contribution in [0.5, 0.6) is 0 Å². The molecule has 0 aliphatic rings. The van der Waals surface area contributed by atoms with E-state index < -0.39 is 0 Å². The lowest BCUT2D eigenvalue weighted by Crippen LogP contribution is -2.24. The first-order valence-electron chi connectivity index (χ1n) is 13.0. The van der Waals surface area contributed by atoms with Gasteiger partial charge in [0.05, 0.1) is 0 Å². The van der Waals surface area contributed by atoms with Gasteiger partial charge in [0.1, 0.15) is 0 Å². The molecule has 0 aliphatic heterocycles. The molecule has 0 fully saturated rings. The van der Waals surface area contributed by atoms with E-state index in [0.29, 0.717) is 13.0 Å². The minimum absolute atomic E-state index is 0.137. The first-order chi connectivity index (χ1) is 14.7. The highest BCUT2D eigenvalue weighted by atomic mass is 16.1. The molecule has 0 spiro atoms. The molecule has 5 heteroatoms. The number of guanidine groups is 1. The SMILES string of the molecule is CCCCCCCCCCCCCCCCCCCC(=O)NCCCCN=C(N)N. The van der Waals surface area contributed by atoms with E-state index in [1.54, 1.807) is 0 Å². The third kappa shape index (κ3) is 24.8. The van der Waals surface area contributed by atoms with E-state index in [4.69, 9.17) is 11.5 Å². The van der Waals surface area contributed by atoms with E-state index in [9.17, 15) is 4.79 Å². The number of hydrogen-bond donors (Lipinski definition) is 3. The van der Waals surface area contributed by atoms with Gasteiger partial charge in [-0.2, -0.15) is 0 Å². The van der Waals surface area contributed by atoms with E-state index in [2.05, 4.69) is 17.2 Å². The Labute approximate surface area is 187 Å². The first kappa shape index (κ1) is 28.7. The Morgan fingerprint density at radius 1 is 0.633 bits per heavy atom. The van der Waals surface area contributed by atoms with Crippen molar-refractivity contribution >= 4 is 11.9 Å². The van der Waals surface area contributed by atoms with Gasteiger partial charge in [0.15, 0.2) is 5.96 Å². The molecule has 0 atom stereocenters. The van der Waals surface area contributed by atoms with Gasteiger partial charge in [-0.25, -0.2) is 0 Å². The van der Waals surface area contributed by atoms with E-state index in [1.807, 2.05) is 0 Å². The average Bonchev–Trinajstić information content (AvgIpc) is 2.72. The van der Waals surface area contributed by atoms with Gasteiger partial charge in [-0.1, -0.05) is 110 Å². The summed E-state index contributed by atoms with van der Waals surface area (Å²) in [6.45, 7) is 3.64. The fraction of sp³-hybridized carbons (Fsp3) is 0.920. The van der Waals surface area contributed by atoms with Crippen molar-refractivity contribution in [1.29, 1.82) is 0 Å². The summed E-state index contributed by atoms with van der Waals surface area (Å²) in [6.07, 6.45) is 25.7. The summed E-state index contributed by atoms with van der Waals surface area (Å²) in [5, 5.41) is 2.98. The number of nitrogens with one attached hydrogen (secondary N) is 1. The standard InChI is InChI=1S/C25H52N4O/c1-2-3-4-5-6-7-8-9-10-11-12-13-14-15-16-17-18-21-24(30)28-22-19-20-23-29-25(26)27/h2-23H2,1H3,(H,28,30)(H4,26,27,29). The second kappa shape index (κ2) is 24.0.